The van der Waals surface area contributed by atoms with E-state index < -0.39 is 17.8 Å². The van der Waals surface area contributed by atoms with Gasteiger partial charge >= 0.3 is 12.2 Å². The summed E-state index contributed by atoms with van der Waals surface area (Å²) in [4.78, 5) is 11.5. The molecule has 3 nitrogen and oxygen atoms in total. The lowest BCUT2D eigenvalue weighted by Crippen LogP contribution is -2.25. The summed E-state index contributed by atoms with van der Waals surface area (Å²) < 4.78 is 38.4. The summed E-state index contributed by atoms with van der Waals surface area (Å²) in [6, 6.07) is 2.41. The molecule has 1 aromatic rings. The number of hydrogen-bond donors (Lipinski definition) is 2. The van der Waals surface area contributed by atoms with E-state index in [9.17, 15) is 18.0 Å². The van der Waals surface area contributed by atoms with Gasteiger partial charge in [-0.1, -0.05) is 24.1 Å². The summed E-state index contributed by atoms with van der Waals surface area (Å²) in [5.41, 5.74) is -0.439. The topological polar surface area (TPSA) is 41.1 Å². The van der Waals surface area contributed by atoms with Crippen molar-refractivity contribution in [3.63, 3.8) is 0 Å². The number of halogens is 4. The second-order valence-corrected chi connectivity index (χ2v) is 4.57. The van der Waals surface area contributed by atoms with E-state index in [2.05, 4.69) is 10.6 Å². The van der Waals surface area contributed by atoms with Crippen molar-refractivity contribution in [2.45, 2.75) is 26.4 Å². The number of carbonyl (C=O) groups is 1. The molecule has 20 heavy (non-hydrogen) atoms. The maximum Gasteiger partial charge on any atom is 0.418 e. The van der Waals surface area contributed by atoms with Gasteiger partial charge in [0.05, 0.1) is 11.3 Å². The van der Waals surface area contributed by atoms with Crippen molar-refractivity contribution in [1.29, 1.82) is 0 Å². The lowest BCUT2D eigenvalue weighted by atomic mass is 10.1. The molecular weight excluding hydrogens is 293 g/mol. The Morgan fingerprint density at radius 3 is 2.60 bits per heavy atom. The van der Waals surface area contributed by atoms with E-state index >= 15 is 0 Å². The number of rotatable bonds is 3. The molecule has 0 aliphatic rings. The molecule has 2 N–H and O–H groups in total. The fourth-order valence-electron chi connectivity index (χ4n) is 1.31. The number of alkyl halides is 3. The van der Waals surface area contributed by atoms with Crippen molar-refractivity contribution in [2.75, 3.05) is 5.32 Å². The largest absolute Gasteiger partial charge is 0.418 e. The van der Waals surface area contributed by atoms with Crippen LogP contribution in [0.5, 0.6) is 0 Å². The number of urea groups is 1. The fourth-order valence-corrected chi connectivity index (χ4v) is 1.48. The Bertz CT molecular complexity index is 527. The lowest BCUT2D eigenvalue weighted by molar-refractivity contribution is -0.136. The Labute approximate surface area is 119 Å². The van der Waals surface area contributed by atoms with Gasteiger partial charge in [0.2, 0.25) is 0 Å². The second-order valence-electron chi connectivity index (χ2n) is 4.13. The summed E-state index contributed by atoms with van der Waals surface area (Å²) in [7, 11) is 0. The third-order valence-electron chi connectivity index (χ3n) is 2.54. The van der Waals surface area contributed by atoms with Crippen LogP contribution in [-0.4, -0.2) is 6.03 Å². The van der Waals surface area contributed by atoms with Crippen molar-refractivity contribution < 1.29 is 18.0 Å². The van der Waals surface area contributed by atoms with Crippen LogP contribution in [-0.2, 0) is 6.18 Å². The first-order valence-corrected chi connectivity index (χ1v) is 6.21. The summed E-state index contributed by atoms with van der Waals surface area (Å²) in [6.07, 6.45) is -2.42. The van der Waals surface area contributed by atoms with E-state index in [1.54, 1.807) is 6.92 Å². The highest BCUT2D eigenvalue weighted by molar-refractivity contribution is 6.30. The summed E-state index contributed by atoms with van der Waals surface area (Å²) >= 11 is 5.54. The highest BCUT2D eigenvalue weighted by Gasteiger charge is 2.34. The number of anilines is 1. The predicted octanol–water partition coefficient (Wildman–Crippen LogP) is 4.79. The normalized spacial score (nSPS) is 12.2. The summed E-state index contributed by atoms with van der Waals surface area (Å²) in [6.45, 7) is 3.69. The van der Waals surface area contributed by atoms with Crippen molar-refractivity contribution in [1.82, 2.24) is 5.32 Å². The van der Waals surface area contributed by atoms with Gasteiger partial charge < -0.3 is 10.6 Å². The molecule has 0 aliphatic heterocycles. The molecule has 0 fully saturated rings. The van der Waals surface area contributed by atoms with Crippen molar-refractivity contribution >= 4 is 23.3 Å². The average Bonchev–Trinajstić information content (AvgIpc) is 2.36. The zero-order valence-electron chi connectivity index (χ0n) is 10.9. The second kappa shape index (κ2) is 6.65. The molecule has 0 saturated carbocycles. The highest BCUT2D eigenvalue weighted by Crippen LogP contribution is 2.36. The maximum absolute atomic E-state index is 12.8. The highest BCUT2D eigenvalue weighted by atomic mass is 35.5. The monoisotopic (exact) mass is 306 g/mol. The maximum atomic E-state index is 12.8. The van der Waals surface area contributed by atoms with Crippen molar-refractivity contribution in [2.24, 2.45) is 0 Å². The van der Waals surface area contributed by atoms with Crippen LogP contribution in [0.25, 0.3) is 0 Å². The smallest absolute Gasteiger partial charge is 0.314 e. The van der Waals surface area contributed by atoms with Crippen LogP contribution in [0.4, 0.5) is 23.7 Å². The minimum atomic E-state index is -4.59. The van der Waals surface area contributed by atoms with Crippen LogP contribution in [0.3, 0.4) is 0 Å². The van der Waals surface area contributed by atoms with Gasteiger partial charge in [-0.2, -0.15) is 13.2 Å². The minimum Gasteiger partial charge on any atom is -0.314 e. The van der Waals surface area contributed by atoms with Gasteiger partial charge in [-0.3, -0.25) is 0 Å². The zero-order chi connectivity index (χ0) is 15.3. The molecule has 0 aliphatic carbocycles. The Kier molecular flexibility index (Phi) is 5.44. The van der Waals surface area contributed by atoms with E-state index in [0.29, 0.717) is 0 Å². The van der Waals surface area contributed by atoms with Gasteiger partial charge in [0.1, 0.15) is 0 Å². The van der Waals surface area contributed by atoms with Gasteiger partial charge in [-0.15, -0.1) is 0 Å². The van der Waals surface area contributed by atoms with Crippen LogP contribution in [0, 0.1) is 0 Å². The molecule has 0 radical (unpaired) electrons. The Balaban J connectivity index is 2.90. The standard InChI is InChI=1S/C13H14ClF3N2O/c1-3-8(2)7-18-12(20)19-11-5-4-9(14)6-10(11)13(15,16)17/h4-7H,3H2,1-2H3,(H2,18,19,20)/b8-7+. The molecule has 0 bridgehead atoms. The molecule has 7 heteroatoms. The molecule has 0 spiro atoms. The van der Waals surface area contributed by atoms with E-state index in [-0.39, 0.29) is 10.7 Å². The summed E-state index contributed by atoms with van der Waals surface area (Å²) in [5.74, 6) is 0. The summed E-state index contributed by atoms with van der Waals surface area (Å²) in [5, 5.41) is 4.46. The molecule has 0 saturated heterocycles. The quantitative estimate of drug-likeness (QED) is 0.828. The van der Waals surface area contributed by atoms with Crippen LogP contribution in [0.1, 0.15) is 25.8 Å². The Morgan fingerprint density at radius 1 is 1.40 bits per heavy atom. The first kappa shape index (κ1) is 16.4. The lowest BCUT2D eigenvalue weighted by Gasteiger charge is -2.14. The number of carbonyl (C=O) groups excluding carboxylic acids is 1. The number of amides is 2. The van der Waals surface area contributed by atoms with E-state index in [4.69, 9.17) is 11.6 Å². The van der Waals surface area contributed by atoms with Gasteiger partial charge in [-0.05, 0) is 31.5 Å². The fraction of sp³-hybridized carbons (Fsp3) is 0.308. The van der Waals surface area contributed by atoms with Gasteiger partial charge in [-0.25, -0.2) is 4.79 Å². The van der Waals surface area contributed by atoms with Crippen LogP contribution < -0.4 is 10.6 Å². The number of hydrogen-bond acceptors (Lipinski definition) is 1. The predicted molar refractivity (Wildman–Crippen MR) is 72.7 cm³/mol. The molecule has 110 valence electrons. The van der Waals surface area contributed by atoms with E-state index in [1.807, 2.05) is 6.92 Å². The SMILES string of the molecule is CC/C(C)=C/NC(=O)Nc1ccc(Cl)cc1C(F)(F)F. The van der Waals surface area contributed by atoms with Crippen molar-refractivity contribution in [3.05, 3.63) is 40.6 Å². The molecule has 1 aromatic carbocycles. The van der Waals surface area contributed by atoms with Crippen molar-refractivity contribution in [3.8, 4) is 0 Å². The minimum absolute atomic E-state index is 0.0509. The third-order valence-corrected chi connectivity index (χ3v) is 2.78. The molecule has 0 unspecified atom stereocenters. The third kappa shape index (κ3) is 4.77. The zero-order valence-corrected chi connectivity index (χ0v) is 11.7. The van der Waals surface area contributed by atoms with E-state index in [1.165, 1.54) is 12.3 Å². The average molecular weight is 307 g/mol. The molecule has 2 amide bonds. The Hall–Kier alpha value is -1.69. The molecule has 0 atom stereocenters. The number of allylic oxidation sites excluding steroid dienone is 1. The molecule has 0 aromatic heterocycles. The number of benzene rings is 1. The molecule has 1 rings (SSSR count). The first-order valence-electron chi connectivity index (χ1n) is 5.84. The van der Waals surface area contributed by atoms with Gasteiger partial charge in [0, 0.05) is 11.2 Å². The van der Waals surface area contributed by atoms with Crippen LogP contribution >= 0.6 is 11.6 Å². The van der Waals surface area contributed by atoms with Gasteiger partial charge in [0.25, 0.3) is 0 Å². The van der Waals surface area contributed by atoms with Crippen LogP contribution in [0.2, 0.25) is 5.02 Å². The van der Waals surface area contributed by atoms with E-state index in [0.717, 1.165) is 24.1 Å². The number of nitrogens with one attached hydrogen (secondary N) is 2. The molecule has 0 heterocycles. The van der Waals surface area contributed by atoms with Gasteiger partial charge in [0.15, 0.2) is 0 Å². The van der Waals surface area contributed by atoms with Crippen LogP contribution in [0.15, 0.2) is 30.0 Å². The molecular formula is C13H14ClF3N2O. The first-order chi connectivity index (χ1) is 9.24. The Morgan fingerprint density at radius 2 is 2.05 bits per heavy atom.